The molecule has 3 aromatic rings. The van der Waals surface area contributed by atoms with Crippen molar-refractivity contribution in [2.75, 3.05) is 6.54 Å². The van der Waals surface area contributed by atoms with E-state index in [0.29, 0.717) is 0 Å². The van der Waals surface area contributed by atoms with Gasteiger partial charge in [0.05, 0.1) is 12.1 Å². The summed E-state index contributed by atoms with van der Waals surface area (Å²) in [6.07, 6.45) is 0. The number of carbonyl (C=O) groups is 1. The lowest BCUT2D eigenvalue weighted by Gasteiger charge is -2.22. The van der Waals surface area contributed by atoms with Gasteiger partial charge in [0.2, 0.25) is 0 Å². The molecule has 1 unspecified atom stereocenters. The Labute approximate surface area is 141 Å². The Hall–Kier alpha value is -2.51. The van der Waals surface area contributed by atoms with Gasteiger partial charge >= 0.3 is 0 Å². The Morgan fingerprint density at radius 1 is 1.42 bits per heavy atom. The van der Waals surface area contributed by atoms with Crippen LogP contribution in [-0.4, -0.2) is 22.7 Å². The molecule has 0 radical (unpaired) electrons. The molecule has 124 valence electrons. The van der Waals surface area contributed by atoms with Crippen LogP contribution in [0.4, 0.5) is 4.39 Å². The van der Waals surface area contributed by atoms with Gasteiger partial charge in [-0.2, -0.15) is 11.3 Å². The van der Waals surface area contributed by atoms with Gasteiger partial charge in [-0.15, -0.1) is 0 Å². The van der Waals surface area contributed by atoms with Crippen LogP contribution in [0.25, 0.3) is 11.3 Å². The number of aromatic nitrogens is 1. The molecule has 24 heavy (non-hydrogen) atoms. The third-order valence-corrected chi connectivity index (χ3v) is 4.30. The molecule has 0 aliphatic carbocycles. The van der Waals surface area contributed by atoms with E-state index in [4.69, 9.17) is 4.52 Å². The molecular weight excluding hydrogens is 331 g/mol. The zero-order chi connectivity index (χ0) is 17.2. The number of nitrogens with one attached hydrogen (secondary N) is 1. The molecule has 0 saturated heterocycles. The number of carbonyl (C=O) groups excluding carboxylic acids is 1. The molecule has 0 bridgehead atoms. The highest BCUT2D eigenvalue weighted by Crippen LogP contribution is 2.24. The minimum atomic E-state index is -1.19. The average molecular weight is 346 g/mol. The Morgan fingerprint density at radius 3 is 2.92 bits per heavy atom. The SMILES string of the molecule is CC(O)(CNC(=O)c1cc(-c2ccccc2F)on1)c1ccsc1. The summed E-state index contributed by atoms with van der Waals surface area (Å²) in [6, 6.07) is 9.23. The van der Waals surface area contributed by atoms with Gasteiger partial charge in [0.25, 0.3) is 5.91 Å². The van der Waals surface area contributed by atoms with Gasteiger partial charge in [-0.3, -0.25) is 4.79 Å². The second-order valence-electron chi connectivity index (χ2n) is 5.52. The first kappa shape index (κ1) is 16.4. The second kappa shape index (κ2) is 6.54. The Balaban J connectivity index is 1.70. The summed E-state index contributed by atoms with van der Waals surface area (Å²) in [6.45, 7) is 1.63. The van der Waals surface area contributed by atoms with E-state index in [2.05, 4.69) is 10.5 Å². The first-order valence-electron chi connectivity index (χ1n) is 7.22. The molecule has 2 N–H and O–H groups in total. The monoisotopic (exact) mass is 346 g/mol. The van der Waals surface area contributed by atoms with Crippen molar-refractivity contribution in [3.63, 3.8) is 0 Å². The molecule has 2 heterocycles. The number of nitrogens with zero attached hydrogens (tertiary/aromatic N) is 1. The maximum absolute atomic E-state index is 13.7. The van der Waals surface area contributed by atoms with Crippen molar-refractivity contribution in [3.8, 4) is 11.3 Å². The third kappa shape index (κ3) is 3.37. The van der Waals surface area contributed by atoms with Crippen molar-refractivity contribution in [2.45, 2.75) is 12.5 Å². The van der Waals surface area contributed by atoms with Crippen molar-refractivity contribution < 1.29 is 18.8 Å². The molecule has 3 rings (SSSR count). The molecule has 0 spiro atoms. The van der Waals surface area contributed by atoms with Crippen molar-refractivity contribution in [1.82, 2.24) is 10.5 Å². The molecule has 2 aromatic heterocycles. The molecule has 0 fully saturated rings. The fourth-order valence-electron chi connectivity index (χ4n) is 2.19. The second-order valence-corrected chi connectivity index (χ2v) is 6.30. The largest absolute Gasteiger partial charge is 0.384 e. The van der Waals surface area contributed by atoms with Crippen LogP contribution in [0.1, 0.15) is 23.0 Å². The molecular formula is C17H15FN2O3S. The number of rotatable bonds is 5. The van der Waals surface area contributed by atoms with Crippen LogP contribution in [0, 0.1) is 5.82 Å². The van der Waals surface area contributed by atoms with Gasteiger partial charge in [-0.05, 0) is 41.4 Å². The first-order chi connectivity index (χ1) is 11.5. The summed E-state index contributed by atoms with van der Waals surface area (Å²) in [4.78, 5) is 12.2. The quantitative estimate of drug-likeness (QED) is 0.744. The number of aliphatic hydroxyl groups is 1. The molecule has 1 atom stereocenters. The lowest BCUT2D eigenvalue weighted by molar-refractivity contribution is 0.0527. The minimum absolute atomic E-state index is 0.0183. The normalized spacial score (nSPS) is 13.5. The minimum Gasteiger partial charge on any atom is -0.384 e. The van der Waals surface area contributed by atoms with Gasteiger partial charge in [-0.25, -0.2) is 4.39 Å². The van der Waals surface area contributed by atoms with Crippen molar-refractivity contribution >= 4 is 17.2 Å². The van der Waals surface area contributed by atoms with E-state index in [1.165, 1.54) is 23.5 Å². The van der Waals surface area contributed by atoms with Crippen LogP contribution in [-0.2, 0) is 5.60 Å². The Morgan fingerprint density at radius 2 is 2.21 bits per heavy atom. The standard InChI is InChI=1S/C17H15FN2O3S/c1-17(22,11-6-7-24-9-11)10-19-16(21)14-8-15(23-20-14)12-4-2-3-5-13(12)18/h2-9,22H,10H2,1H3,(H,19,21). The molecule has 0 aliphatic heterocycles. The summed E-state index contributed by atoms with van der Waals surface area (Å²) in [5.74, 6) is -0.791. The van der Waals surface area contributed by atoms with E-state index in [1.807, 2.05) is 10.8 Å². The zero-order valence-electron chi connectivity index (χ0n) is 12.8. The van der Waals surface area contributed by atoms with Crippen molar-refractivity contribution in [3.05, 3.63) is 64.2 Å². The van der Waals surface area contributed by atoms with Gasteiger partial charge in [0, 0.05) is 6.07 Å². The molecule has 5 nitrogen and oxygen atoms in total. The van der Waals surface area contributed by atoms with E-state index >= 15 is 0 Å². The number of hydrogen-bond acceptors (Lipinski definition) is 5. The van der Waals surface area contributed by atoms with E-state index in [1.54, 1.807) is 31.2 Å². The van der Waals surface area contributed by atoms with Crippen LogP contribution in [0.3, 0.4) is 0 Å². The lowest BCUT2D eigenvalue weighted by atomic mass is 9.99. The van der Waals surface area contributed by atoms with Crippen LogP contribution in [0.2, 0.25) is 0 Å². The van der Waals surface area contributed by atoms with E-state index < -0.39 is 17.3 Å². The Kier molecular flexibility index (Phi) is 4.46. The predicted molar refractivity (Wildman–Crippen MR) is 88.1 cm³/mol. The van der Waals surface area contributed by atoms with Crippen LogP contribution < -0.4 is 5.32 Å². The van der Waals surface area contributed by atoms with Crippen LogP contribution in [0.15, 0.2) is 51.7 Å². The maximum atomic E-state index is 13.7. The smallest absolute Gasteiger partial charge is 0.273 e. The molecule has 0 aliphatic rings. The third-order valence-electron chi connectivity index (χ3n) is 3.62. The van der Waals surface area contributed by atoms with Gasteiger partial charge in [0.15, 0.2) is 11.5 Å². The summed E-state index contributed by atoms with van der Waals surface area (Å²) in [5, 5.41) is 20.3. The summed E-state index contributed by atoms with van der Waals surface area (Å²) < 4.78 is 18.8. The summed E-state index contributed by atoms with van der Waals surface area (Å²) >= 11 is 1.46. The molecule has 7 heteroatoms. The summed E-state index contributed by atoms with van der Waals surface area (Å²) in [7, 11) is 0. The fourth-order valence-corrected chi connectivity index (χ4v) is 2.97. The van der Waals surface area contributed by atoms with Gasteiger partial charge < -0.3 is 14.9 Å². The van der Waals surface area contributed by atoms with Crippen molar-refractivity contribution in [1.29, 1.82) is 0 Å². The van der Waals surface area contributed by atoms with Gasteiger partial charge in [-0.1, -0.05) is 17.3 Å². The highest BCUT2D eigenvalue weighted by molar-refractivity contribution is 7.08. The highest BCUT2D eigenvalue weighted by Gasteiger charge is 2.25. The number of hydrogen-bond donors (Lipinski definition) is 2. The lowest BCUT2D eigenvalue weighted by Crippen LogP contribution is -2.38. The highest BCUT2D eigenvalue weighted by atomic mass is 32.1. The van der Waals surface area contributed by atoms with Crippen LogP contribution >= 0.6 is 11.3 Å². The fraction of sp³-hybridized carbons (Fsp3) is 0.176. The first-order valence-corrected chi connectivity index (χ1v) is 8.16. The molecule has 1 amide bonds. The van der Waals surface area contributed by atoms with E-state index in [-0.39, 0.29) is 23.6 Å². The number of benzene rings is 1. The van der Waals surface area contributed by atoms with Crippen LogP contribution in [0.5, 0.6) is 0 Å². The molecule has 0 saturated carbocycles. The Bertz CT molecular complexity index is 843. The number of halogens is 1. The van der Waals surface area contributed by atoms with Crippen molar-refractivity contribution in [2.24, 2.45) is 0 Å². The maximum Gasteiger partial charge on any atom is 0.273 e. The molecule has 1 aromatic carbocycles. The number of thiophene rings is 1. The number of amides is 1. The average Bonchev–Trinajstić information content (AvgIpc) is 3.25. The van der Waals surface area contributed by atoms with E-state index in [0.717, 1.165) is 5.56 Å². The van der Waals surface area contributed by atoms with E-state index in [9.17, 15) is 14.3 Å². The summed E-state index contributed by atoms with van der Waals surface area (Å²) in [5.41, 5.74) is -0.211. The predicted octanol–water partition coefficient (Wildman–Crippen LogP) is 3.18. The van der Waals surface area contributed by atoms with Gasteiger partial charge in [0.1, 0.15) is 11.4 Å². The topological polar surface area (TPSA) is 75.4 Å². The zero-order valence-corrected chi connectivity index (χ0v) is 13.6.